The number of rotatable bonds is 4. The quantitative estimate of drug-likeness (QED) is 0.927. The molecule has 2 rings (SSSR count). The van der Waals surface area contributed by atoms with Crippen LogP contribution in [-0.2, 0) is 14.3 Å². The van der Waals surface area contributed by atoms with Gasteiger partial charge in [-0.15, -0.1) is 0 Å². The SMILES string of the molecule is Cc1ccc([C@@H]2OCCC[C@H]2C(=O)N(C)[C@@H](C)C(=O)O)cc1. The summed E-state index contributed by atoms with van der Waals surface area (Å²) in [4.78, 5) is 25.1. The van der Waals surface area contributed by atoms with Gasteiger partial charge in [-0.2, -0.15) is 0 Å². The Morgan fingerprint density at radius 1 is 1.32 bits per heavy atom. The van der Waals surface area contributed by atoms with E-state index in [9.17, 15) is 9.59 Å². The molecule has 120 valence electrons. The molecule has 1 saturated heterocycles. The number of carboxylic acids is 1. The molecule has 0 saturated carbocycles. The zero-order valence-corrected chi connectivity index (χ0v) is 13.3. The third kappa shape index (κ3) is 3.47. The molecule has 22 heavy (non-hydrogen) atoms. The average Bonchev–Trinajstić information content (AvgIpc) is 2.53. The maximum atomic E-state index is 12.7. The summed E-state index contributed by atoms with van der Waals surface area (Å²) in [6, 6.07) is 7.11. The van der Waals surface area contributed by atoms with Gasteiger partial charge in [0, 0.05) is 13.7 Å². The fourth-order valence-electron chi connectivity index (χ4n) is 2.74. The number of hydrogen-bond acceptors (Lipinski definition) is 3. The van der Waals surface area contributed by atoms with Crippen molar-refractivity contribution in [2.75, 3.05) is 13.7 Å². The second kappa shape index (κ2) is 6.92. The molecule has 0 spiro atoms. The van der Waals surface area contributed by atoms with Crippen LogP contribution >= 0.6 is 0 Å². The van der Waals surface area contributed by atoms with Gasteiger partial charge in [-0.1, -0.05) is 29.8 Å². The van der Waals surface area contributed by atoms with Crippen LogP contribution in [0.1, 0.15) is 37.0 Å². The van der Waals surface area contributed by atoms with Crippen molar-refractivity contribution in [3.05, 3.63) is 35.4 Å². The minimum atomic E-state index is -1.00. The molecule has 0 bridgehead atoms. The van der Waals surface area contributed by atoms with Crippen LogP contribution in [0.15, 0.2) is 24.3 Å². The Hall–Kier alpha value is -1.88. The number of hydrogen-bond donors (Lipinski definition) is 1. The Labute approximate surface area is 130 Å². The third-order valence-electron chi connectivity index (χ3n) is 4.33. The Bertz CT molecular complexity index is 540. The molecule has 1 aliphatic heterocycles. The topological polar surface area (TPSA) is 66.8 Å². The predicted octanol–water partition coefficient (Wildman–Crippen LogP) is 2.39. The van der Waals surface area contributed by atoms with E-state index in [1.165, 1.54) is 11.8 Å². The minimum Gasteiger partial charge on any atom is -0.480 e. The van der Waals surface area contributed by atoms with E-state index in [2.05, 4.69) is 0 Å². The molecular formula is C17H23NO4. The van der Waals surface area contributed by atoms with Crippen molar-refractivity contribution in [1.29, 1.82) is 0 Å². The molecule has 1 aromatic carbocycles. The molecule has 0 radical (unpaired) electrons. The van der Waals surface area contributed by atoms with Gasteiger partial charge in [0.05, 0.1) is 12.0 Å². The van der Waals surface area contributed by atoms with Gasteiger partial charge in [-0.3, -0.25) is 4.79 Å². The molecule has 3 atom stereocenters. The first-order valence-electron chi connectivity index (χ1n) is 7.59. The molecule has 5 nitrogen and oxygen atoms in total. The van der Waals surface area contributed by atoms with Gasteiger partial charge < -0.3 is 14.7 Å². The van der Waals surface area contributed by atoms with Crippen molar-refractivity contribution < 1.29 is 19.4 Å². The van der Waals surface area contributed by atoms with Gasteiger partial charge in [0.2, 0.25) is 5.91 Å². The van der Waals surface area contributed by atoms with E-state index in [0.717, 1.165) is 17.5 Å². The lowest BCUT2D eigenvalue weighted by molar-refractivity contribution is -0.154. The van der Waals surface area contributed by atoms with Crippen LogP contribution in [0, 0.1) is 12.8 Å². The number of amides is 1. The Kier molecular flexibility index (Phi) is 5.19. The van der Waals surface area contributed by atoms with Crippen LogP contribution in [0.2, 0.25) is 0 Å². The molecule has 1 fully saturated rings. The van der Waals surface area contributed by atoms with Gasteiger partial charge in [-0.05, 0) is 32.3 Å². The summed E-state index contributed by atoms with van der Waals surface area (Å²) in [5.74, 6) is -1.50. The highest BCUT2D eigenvalue weighted by Crippen LogP contribution is 2.35. The molecular weight excluding hydrogens is 282 g/mol. The van der Waals surface area contributed by atoms with E-state index < -0.39 is 12.0 Å². The summed E-state index contributed by atoms with van der Waals surface area (Å²) in [5, 5.41) is 9.09. The highest BCUT2D eigenvalue weighted by atomic mass is 16.5. The first kappa shape index (κ1) is 16.5. The number of nitrogens with zero attached hydrogens (tertiary/aromatic N) is 1. The van der Waals surface area contributed by atoms with Crippen molar-refractivity contribution in [3.63, 3.8) is 0 Å². The Morgan fingerprint density at radius 2 is 1.95 bits per heavy atom. The highest BCUT2D eigenvalue weighted by Gasteiger charge is 2.36. The number of likely N-dealkylation sites (N-methyl/N-ethyl adjacent to an activating group) is 1. The van der Waals surface area contributed by atoms with Crippen LogP contribution < -0.4 is 0 Å². The number of carboxylic acid groups (broad SMARTS) is 1. The molecule has 1 amide bonds. The number of carbonyl (C=O) groups excluding carboxylic acids is 1. The summed E-state index contributed by atoms with van der Waals surface area (Å²) in [7, 11) is 1.54. The van der Waals surface area contributed by atoms with Crippen molar-refractivity contribution in [3.8, 4) is 0 Å². The first-order chi connectivity index (χ1) is 10.4. The normalized spacial score (nSPS) is 22.9. The van der Waals surface area contributed by atoms with Crippen LogP contribution in [-0.4, -0.2) is 41.6 Å². The number of aryl methyl sites for hydroxylation is 1. The smallest absolute Gasteiger partial charge is 0.326 e. The van der Waals surface area contributed by atoms with Gasteiger partial charge >= 0.3 is 5.97 Å². The van der Waals surface area contributed by atoms with E-state index in [4.69, 9.17) is 9.84 Å². The fraction of sp³-hybridized carbons (Fsp3) is 0.529. The van der Waals surface area contributed by atoms with Gasteiger partial charge in [0.1, 0.15) is 6.04 Å². The van der Waals surface area contributed by atoms with Crippen LogP contribution in [0.4, 0.5) is 0 Å². The second-order valence-corrected chi connectivity index (χ2v) is 5.91. The van der Waals surface area contributed by atoms with Crippen molar-refractivity contribution in [1.82, 2.24) is 4.90 Å². The monoisotopic (exact) mass is 305 g/mol. The summed E-state index contributed by atoms with van der Waals surface area (Å²) in [5.41, 5.74) is 2.12. The summed E-state index contributed by atoms with van der Waals surface area (Å²) < 4.78 is 5.83. The van der Waals surface area contributed by atoms with Gasteiger partial charge in [0.25, 0.3) is 0 Å². The van der Waals surface area contributed by atoms with Gasteiger partial charge in [-0.25, -0.2) is 4.79 Å². The van der Waals surface area contributed by atoms with Crippen LogP contribution in [0.25, 0.3) is 0 Å². The molecule has 1 heterocycles. The molecule has 0 aliphatic carbocycles. The molecule has 1 N–H and O–H groups in total. The summed E-state index contributed by atoms with van der Waals surface area (Å²) >= 11 is 0. The molecule has 1 aromatic rings. The molecule has 0 aromatic heterocycles. The van der Waals surface area contributed by atoms with E-state index in [1.54, 1.807) is 7.05 Å². The zero-order valence-electron chi connectivity index (χ0n) is 13.3. The summed E-state index contributed by atoms with van der Waals surface area (Å²) in [6.07, 6.45) is 1.23. The number of carbonyl (C=O) groups is 2. The molecule has 5 heteroatoms. The van der Waals surface area contributed by atoms with Crippen molar-refractivity contribution in [2.45, 2.75) is 38.8 Å². The number of ether oxygens (including phenoxy) is 1. The lowest BCUT2D eigenvalue weighted by atomic mass is 9.88. The molecule has 1 aliphatic rings. The van der Waals surface area contributed by atoms with E-state index in [1.807, 2.05) is 31.2 Å². The Morgan fingerprint density at radius 3 is 2.55 bits per heavy atom. The number of benzene rings is 1. The van der Waals surface area contributed by atoms with Crippen molar-refractivity contribution in [2.24, 2.45) is 5.92 Å². The maximum Gasteiger partial charge on any atom is 0.326 e. The lowest BCUT2D eigenvalue weighted by Gasteiger charge is -2.34. The first-order valence-corrected chi connectivity index (χ1v) is 7.59. The van der Waals surface area contributed by atoms with E-state index in [0.29, 0.717) is 13.0 Å². The predicted molar refractivity (Wildman–Crippen MR) is 82.5 cm³/mol. The number of aliphatic carboxylic acids is 1. The average molecular weight is 305 g/mol. The fourth-order valence-corrected chi connectivity index (χ4v) is 2.74. The zero-order chi connectivity index (χ0) is 16.3. The maximum absolute atomic E-state index is 12.7. The largest absolute Gasteiger partial charge is 0.480 e. The van der Waals surface area contributed by atoms with Crippen LogP contribution in [0.3, 0.4) is 0 Å². The minimum absolute atomic E-state index is 0.167. The van der Waals surface area contributed by atoms with E-state index >= 15 is 0 Å². The van der Waals surface area contributed by atoms with E-state index in [-0.39, 0.29) is 17.9 Å². The van der Waals surface area contributed by atoms with Crippen molar-refractivity contribution >= 4 is 11.9 Å². The summed E-state index contributed by atoms with van der Waals surface area (Å²) in [6.45, 7) is 4.15. The highest BCUT2D eigenvalue weighted by molar-refractivity contribution is 5.85. The van der Waals surface area contributed by atoms with Crippen LogP contribution in [0.5, 0.6) is 0 Å². The second-order valence-electron chi connectivity index (χ2n) is 5.91. The standard InChI is InChI=1S/C17H23NO4/c1-11-6-8-13(9-7-11)15-14(5-4-10-22-15)16(19)18(3)12(2)17(20)21/h6-9,12,14-15H,4-5,10H2,1-3H3,(H,20,21)/t12-,14+,15-/m0/s1. The van der Waals surface area contributed by atoms with Gasteiger partial charge in [0.15, 0.2) is 0 Å². The Balaban J connectivity index is 2.20. The lowest BCUT2D eigenvalue weighted by Crippen LogP contribution is -2.45. The third-order valence-corrected chi connectivity index (χ3v) is 4.33. The molecule has 0 unspecified atom stereocenters.